The smallest absolute Gasteiger partial charge is 0.339 e. The van der Waals surface area contributed by atoms with E-state index in [1.807, 2.05) is 12.1 Å². The first-order chi connectivity index (χ1) is 9.26. The third kappa shape index (κ3) is 2.88. The fourth-order valence-corrected chi connectivity index (χ4v) is 1.68. The van der Waals surface area contributed by atoms with E-state index >= 15 is 0 Å². The first-order valence-electron chi connectivity index (χ1n) is 5.87. The Morgan fingerprint density at radius 1 is 1.32 bits per heavy atom. The molecule has 2 aromatic heterocycles. The quantitative estimate of drug-likeness (QED) is 0.788. The van der Waals surface area contributed by atoms with Crippen LogP contribution in [-0.4, -0.2) is 29.7 Å². The highest BCUT2D eigenvalue weighted by atomic mass is 16.5. The average Bonchev–Trinajstić information content (AvgIpc) is 2.47. The monoisotopic (exact) mass is 258 g/mol. The number of carbonyl (C=O) groups is 1. The van der Waals surface area contributed by atoms with Crippen molar-refractivity contribution in [1.82, 2.24) is 9.97 Å². The SMILES string of the molecule is CCOC(=O)c1cnc(OC)c(-c2ccncc2)c1. The molecular formula is C14H14N2O3. The van der Waals surface area contributed by atoms with Gasteiger partial charge in [-0.05, 0) is 30.7 Å². The zero-order valence-corrected chi connectivity index (χ0v) is 10.8. The molecule has 0 atom stereocenters. The van der Waals surface area contributed by atoms with Gasteiger partial charge in [-0.2, -0.15) is 0 Å². The molecule has 0 aliphatic heterocycles. The molecule has 2 rings (SSSR count). The Hall–Kier alpha value is -2.43. The van der Waals surface area contributed by atoms with Crippen molar-refractivity contribution in [1.29, 1.82) is 0 Å². The van der Waals surface area contributed by atoms with Crippen molar-refractivity contribution in [3.8, 4) is 17.0 Å². The highest BCUT2D eigenvalue weighted by Gasteiger charge is 2.13. The van der Waals surface area contributed by atoms with Crippen LogP contribution in [0.5, 0.6) is 5.88 Å². The van der Waals surface area contributed by atoms with E-state index in [9.17, 15) is 4.79 Å². The summed E-state index contributed by atoms with van der Waals surface area (Å²) in [5.74, 6) is 0.0622. The van der Waals surface area contributed by atoms with Crippen molar-refractivity contribution in [3.63, 3.8) is 0 Å². The van der Waals surface area contributed by atoms with Crippen LogP contribution >= 0.6 is 0 Å². The molecule has 0 fully saturated rings. The minimum atomic E-state index is -0.395. The predicted molar refractivity (Wildman–Crippen MR) is 70.0 cm³/mol. The topological polar surface area (TPSA) is 61.3 Å². The van der Waals surface area contributed by atoms with Gasteiger partial charge in [0.2, 0.25) is 5.88 Å². The van der Waals surface area contributed by atoms with Gasteiger partial charge in [0, 0.05) is 24.2 Å². The van der Waals surface area contributed by atoms with Gasteiger partial charge >= 0.3 is 5.97 Å². The van der Waals surface area contributed by atoms with Gasteiger partial charge in [-0.15, -0.1) is 0 Å². The molecule has 0 amide bonds. The Morgan fingerprint density at radius 3 is 2.68 bits per heavy atom. The van der Waals surface area contributed by atoms with E-state index < -0.39 is 5.97 Å². The Balaban J connectivity index is 2.46. The van der Waals surface area contributed by atoms with Crippen LogP contribution in [0.15, 0.2) is 36.8 Å². The molecule has 0 saturated carbocycles. The van der Waals surface area contributed by atoms with Crippen LogP contribution < -0.4 is 4.74 Å². The molecule has 0 aromatic carbocycles. The molecule has 0 N–H and O–H groups in total. The van der Waals surface area contributed by atoms with E-state index in [1.54, 1.807) is 25.4 Å². The summed E-state index contributed by atoms with van der Waals surface area (Å²) in [5, 5.41) is 0. The predicted octanol–water partition coefficient (Wildman–Crippen LogP) is 2.33. The minimum Gasteiger partial charge on any atom is -0.481 e. The lowest BCUT2D eigenvalue weighted by molar-refractivity contribution is 0.0526. The van der Waals surface area contributed by atoms with Crippen molar-refractivity contribution in [2.45, 2.75) is 6.92 Å². The molecule has 0 spiro atoms. The summed E-state index contributed by atoms with van der Waals surface area (Å²) in [6.45, 7) is 2.09. The van der Waals surface area contributed by atoms with Crippen LogP contribution in [0.2, 0.25) is 0 Å². The molecule has 19 heavy (non-hydrogen) atoms. The van der Waals surface area contributed by atoms with Crippen LogP contribution in [0.4, 0.5) is 0 Å². The van der Waals surface area contributed by atoms with Gasteiger partial charge in [0.25, 0.3) is 0 Å². The Labute approximate surface area is 111 Å². The number of nitrogens with zero attached hydrogens (tertiary/aromatic N) is 2. The summed E-state index contributed by atoms with van der Waals surface area (Å²) in [5.41, 5.74) is 2.01. The largest absolute Gasteiger partial charge is 0.481 e. The standard InChI is InChI=1S/C14H14N2O3/c1-3-19-14(17)11-8-12(13(18-2)16-9-11)10-4-6-15-7-5-10/h4-9H,3H2,1-2H3. The van der Waals surface area contributed by atoms with Gasteiger partial charge in [-0.1, -0.05) is 0 Å². The van der Waals surface area contributed by atoms with Crippen LogP contribution in [-0.2, 0) is 4.74 Å². The number of pyridine rings is 2. The van der Waals surface area contributed by atoms with Crippen molar-refractivity contribution < 1.29 is 14.3 Å². The normalized spacial score (nSPS) is 10.0. The molecule has 0 aliphatic rings. The zero-order valence-electron chi connectivity index (χ0n) is 10.8. The number of hydrogen-bond donors (Lipinski definition) is 0. The van der Waals surface area contributed by atoms with Crippen LogP contribution in [0.25, 0.3) is 11.1 Å². The lowest BCUT2D eigenvalue weighted by Gasteiger charge is -2.09. The summed E-state index contributed by atoms with van der Waals surface area (Å²) in [6.07, 6.45) is 4.79. The zero-order chi connectivity index (χ0) is 13.7. The van der Waals surface area contributed by atoms with Crippen LogP contribution in [0.1, 0.15) is 17.3 Å². The molecule has 0 radical (unpaired) electrons. The lowest BCUT2D eigenvalue weighted by Crippen LogP contribution is -2.06. The minimum absolute atomic E-state index is 0.329. The summed E-state index contributed by atoms with van der Waals surface area (Å²) in [7, 11) is 1.54. The van der Waals surface area contributed by atoms with Gasteiger partial charge < -0.3 is 9.47 Å². The maximum Gasteiger partial charge on any atom is 0.339 e. The van der Waals surface area contributed by atoms with Gasteiger partial charge in [0.05, 0.1) is 19.3 Å². The maximum atomic E-state index is 11.7. The number of esters is 1. The second kappa shape index (κ2) is 5.95. The number of rotatable bonds is 4. The molecular weight excluding hydrogens is 244 g/mol. The van der Waals surface area contributed by atoms with E-state index in [-0.39, 0.29) is 0 Å². The van der Waals surface area contributed by atoms with Gasteiger partial charge in [0.1, 0.15) is 0 Å². The molecule has 2 heterocycles. The van der Waals surface area contributed by atoms with Crippen molar-refractivity contribution in [2.24, 2.45) is 0 Å². The Kier molecular flexibility index (Phi) is 4.07. The Morgan fingerprint density at radius 2 is 2.05 bits per heavy atom. The fourth-order valence-electron chi connectivity index (χ4n) is 1.68. The van der Waals surface area contributed by atoms with Gasteiger partial charge in [-0.25, -0.2) is 9.78 Å². The van der Waals surface area contributed by atoms with Crippen LogP contribution in [0.3, 0.4) is 0 Å². The molecule has 0 aliphatic carbocycles. The van der Waals surface area contributed by atoms with E-state index in [1.165, 1.54) is 13.3 Å². The number of methoxy groups -OCH3 is 1. The van der Waals surface area contributed by atoms with Crippen LogP contribution in [0, 0.1) is 0 Å². The first-order valence-corrected chi connectivity index (χ1v) is 5.87. The maximum absolute atomic E-state index is 11.7. The summed E-state index contributed by atoms with van der Waals surface area (Å²) < 4.78 is 10.2. The number of hydrogen-bond acceptors (Lipinski definition) is 5. The molecule has 2 aromatic rings. The Bertz CT molecular complexity index is 570. The summed E-state index contributed by atoms with van der Waals surface area (Å²) in [4.78, 5) is 19.8. The van der Waals surface area contributed by atoms with Crippen molar-refractivity contribution >= 4 is 5.97 Å². The molecule has 0 saturated heterocycles. The fraction of sp³-hybridized carbons (Fsp3) is 0.214. The number of ether oxygens (including phenoxy) is 2. The van der Waals surface area contributed by atoms with Crippen molar-refractivity contribution in [2.75, 3.05) is 13.7 Å². The summed E-state index contributed by atoms with van der Waals surface area (Å²) in [6, 6.07) is 5.36. The molecule has 0 unspecified atom stereocenters. The second-order valence-electron chi connectivity index (χ2n) is 3.74. The highest BCUT2D eigenvalue weighted by molar-refractivity contribution is 5.91. The van der Waals surface area contributed by atoms with E-state index in [0.29, 0.717) is 18.1 Å². The van der Waals surface area contributed by atoms with E-state index in [4.69, 9.17) is 9.47 Å². The lowest BCUT2D eigenvalue weighted by atomic mass is 10.1. The average molecular weight is 258 g/mol. The number of carbonyl (C=O) groups excluding carboxylic acids is 1. The molecule has 98 valence electrons. The first kappa shape index (κ1) is 13.0. The molecule has 0 bridgehead atoms. The molecule has 5 nitrogen and oxygen atoms in total. The molecule has 5 heteroatoms. The van der Waals surface area contributed by atoms with Gasteiger partial charge in [0.15, 0.2) is 0 Å². The second-order valence-corrected chi connectivity index (χ2v) is 3.74. The van der Waals surface area contributed by atoms with E-state index in [2.05, 4.69) is 9.97 Å². The third-order valence-corrected chi connectivity index (χ3v) is 2.55. The number of aromatic nitrogens is 2. The highest BCUT2D eigenvalue weighted by Crippen LogP contribution is 2.28. The summed E-state index contributed by atoms with van der Waals surface area (Å²) >= 11 is 0. The van der Waals surface area contributed by atoms with Gasteiger partial charge in [-0.3, -0.25) is 4.98 Å². The van der Waals surface area contributed by atoms with E-state index in [0.717, 1.165) is 11.1 Å². The van der Waals surface area contributed by atoms with Crippen molar-refractivity contribution in [3.05, 3.63) is 42.4 Å². The third-order valence-electron chi connectivity index (χ3n) is 2.55.